The van der Waals surface area contributed by atoms with Crippen molar-refractivity contribution < 1.29 is 13.3 Å². The van der Waals surface area contributed by atoms with E-state index in [1.54, 1.807) is 12.1 Å². The van der Waals surface area contributed by atoms with Gasteiger partial charge in [0.2, 0.25) is 0 Å². The molecule has 36 heavy (non-hydrogen) atoms. The number of nitro groups is 1. The van der Waals surface area contributed by atoms with Crippen LogP contribution in [0.4, 0.5) is 17.1 Å². The van der Waals surface area contributed by atoms with E-state index in [0.29, 0.717) is 0 Å². The third kappa shape index (κ3) is 4.48. The number of benzene rings is 3. The van der Waals surface area contributed by atoms with Gasteiger partial charge in [0.25, 0.3) is 15.7 Å². The maximum atomic E-state index is 13.1. The highest BCUT2D eigenvalue weighted by molar-refractivity contribution is 7.92. The largest absolute Gasteiger partial charge is 0.378 e. The lowest BCUT2D eigenvalue weighted by molar-refractivity contribution is -0.384. The Labute approximate surface area is 211 Å². The number of hydrogen-bond acceptors (Lipinski definition) is 5. The van der Waals surface area contributed by atoms with Crippen molar-refractivity contribution in [2.45, 2.75) is 49.5 Å². The second-order valence-electron chi connectivity index (χ2n) is 10.5. The van der Waals surface area contributed by atoms with Gasteiger partial charge in [0.05, 0.1) is 21.5 Å². The van der Waals surface area contributed by atoms with Crippen molar-refractivity contribution in [3.63, 3.8) is 0 Å². The predicted octanol–water partition coefficient (Wildman–Crippen LogP) is 6.52. The van der Waals surface area contributed by atoms with E-state index in [4.69, 9.17) is 0 Å². The number of anilines is 2. The van der Waals surface area contributed by atoms with Crippen LogP contribution in [0.5, 0.6) is 0 Å². The van der Waals surface area contributed by atoms with Crippen LogP contribution in [0.1, 0.15) is 55.8 Å². The minimum absolute atomic E-state index is 0.0865. The number of hydrogen-bond donors (Lipinski definition) is 2. The van der Waals surface area contributed by atoms with Crippen molar-refractivity contribution in [1.29, 1.82) is 0 Å². The molecule has 0 fully saturated rings. The van der Waals surface area contributed by atoms with Crippen molar-refractivity contribution in [2.24, 2.45) is 5.92 Å². The van der Waals surface area contributed by atoms with Crippen LogP contribution in [-0.4, -0.2) is 13.3 Å². The first-order chi connectivity index (χ1) is 17.0. The molecule has 8 heteroatoms. The third-order valence-electron chi connectivity index (χ3n) is 7.09. The van der Waals surface area contributed by atoms with E-state index in [1.807, 2.05) is 6.07 Å². The normalized spacial score (nSPS) is 20.8. The monoisotopic (exact) mass is 503 g/mol. The first-order valence-electron chi connectivity index (χ1n) is 12.0. The summed E-state index contributed by atoms with van der Waals surface area (Å²) in [6, 6.07) is 19.5. The molecule has 2 N–H and O–H groups in total. The topological polar surface area (TPSA) is 101 Å². The molecule has 3 aromatic rings. The number of rotatable bonds is 5. The van der Waals surface area contributed by atoms with Crippen LogP contribution in [0.3, 0.4) is 0 Å². The van der Waals surface area contributed by atoms with Crippen molar-refractivity contribution in [3.05, 3.63) is 106 Å². The molecule has 7 nitrogen and oxygen atoms in total. The second-order valence-corrected chi connectivity index (χ2v) is 12.2. The van der Waals surface area contributed by atoms with Crippen molar-refractivity contribution in [3.8, 4) is 0 Å². The molecule has 0 saturated carbocycles. The zero-order chi connectivity index (χ0) is 25.7. The fraction of sp³-hybridized carbons (Fsp3) is 0.286. The lowest BCUT2D eigenvalue weighted by atomic mass is 9.76. The molecule has 0 radical (unpaired) electrons. The second kappa shape index (κ2) is 8.78. The van der Waals surface area contributed by atoms with Gasteiger partial charge in [-0.15, -0.1) is 0 Å². The van der Waals surface area contributed by atoms with E-state index in [2.05, 4.69) is 67.2 Å². The summed E-state index contributed by atoms with van der Waals surface area (Å²) in [5, 5.41) is 14.7. The summed E-state index contributed by atoms with van der Waals surface area (Å²) >= 11 is 0. The standard InChI is InChI=1S/C28H29N3O4S/c1-28(2,3)19-12-10-18(11-13-19)27-24-9-5-8-23(24)25-17-22(14-15-26(25)29-27)36(34,35)30-20-6-4-7-21(16-20)31(32)33/h4-8,10-17,23-24,27,29-30H,9H2,1-3H3/t23-,24+,27+/m0/s1. The Kier molecular flexibility index (Phi) is 5.87. The molecule has 3 atom stereocenters. The van der Waals surface area contributed by atoms with E-state index in [0.717, 1.165) is 17.7 Å². The maximum absolute atomic E-state index is 13.1. The fourth-order valence-electron chi connectivity index (χ4n) is 5.16. The van der Waals surface area contributed by atoms with Gasteiger partial charge >= 0.3 is 0 Å². The zero-order valence-electron chi connectivity index (χ0n) is 20.4. The Morgan fingerprint density at radius 3 is 2.47 bits per heavy atom. The average Bonchev–Trinajstić information content (AvgIpc) is 3.33. The molecule has 1 aliphatic carbocycles. The molecule has 2 aliphatic rings. The molecular weight excluding hydrogens is 474 g/mol. The molecular formula is C28H29N3O4S. The Bertz CT molecular complexity index is 1460. The Hall–Kier alpha value is -3.65. The molecule has 5 rings (SSSR count). The molecule has 1 heterocycles. The fourth-order valence-corrected chi connectivity index (χ4v) is 6.24. The quantitative estimate of drug-likeness (QED) is 0.234. The summed E-state index contributed by atoms with van der Waals surface area (Å²) in [5.41, 5.74) is 4.43. The number of allylic oxidation sites excluding steroid dienone is 2. The predicted molar refractivity (Wildman–Crippen MR) is 142 cm³/mol. The molecule has 1 aliphatic heterocycles. The Morgan fingerprint density at radius 2 is 1.78 bits per heavy atom. The van der Waals surface area contributed by atoms with E-state index in [9.17, 15) is 18.5 Å². The van der Waals surface area contributed by atoms with Gasteiger partial charge in [0, 0.05) is 23.7 Å². The van der Waals surface area contributed by atoms with Crippen LogP contribution in [0.25, 0.3) is 0 Å². The molecule has 0 unspecified atom stereocenters. The molecule has 0 amide bonds. The summed E-state index contributed by atoms with van der Waals surface area (Å²) < 4.78 is 28.8. The van der Waals surface area contributed by atoms with Gasteiger partial charge in [-0.1, -0.05) is 63.3 Å². The highest BCUT2D eigenvalue weighted by Crippen LogP contribution is 2.50. The lowest BCUT2D eigenvalue weighted by Gasteiger charge is -2.38. The van der Waals surface area contributed by atoms with Gasteiger partial charge < -0.3 is 5.32 Å². The number of fused-ring (bicyclic) bond motifs is 3. The van der Waals surface area contributed by atoms with Crippen LogP contribution in [0, 0.1) is 16.0 Å². The smallest absolute Gasteiger partial charge is 0.271 e. The van der Waals surface area contributed by atoms with Crippen LogP contribution < -0.4 is 10.0 Å². The minimum atomic E-state index is -3.93. The zero-order valence-corrected chi connectivity index (χ0v) is 21.2. The SMILES string of the molecule is CC(C)(C)c1ccc([C@H]2Nc3ccc(S(=O)(=O)Nc4cccc([N+](=O)[O-])c4)cc3[C@H]3C=CC[C@H]32)cc1. The molecule has 186 valence electrons. The molecule has 0 aromatic heterocycles. The molecule has 0 spiro atoms. The van der Waals surface area contributed by atoms with E-state index < -0.39 is 14.9 Å². The van der Waals surface area contributed by atoms with Crippen LogP contribution in [0.15, 0.2) is 83.8 Å². The first-order valence-corrected chi connectivity index (χ1v) is 13.5. The summed E-state index contributed by atoms with van der Waals surface area (Å²) in [7, 11) is -3.93. The summed E-state index contributed by atoms with van der Waals surface area (Å²) in [5.74, 6) is 0.377. The van der Waals surface area contributed by atoms with E-state index in [1.165, 1.54) is 35.4 Å². The number of nitro benzene ring substituents is 1. The summed E-state index contributed by atoms with van der Waals surface area (Å²) in [6.45, 7) is 6.61. The van der Waals surface area contributed by atoms with Gasteiger partial charge in [-0.2, -0.15) is 0 Å². The lowest BCUT2D eigenvalue weighted by Crippen LogP contribution is -2.29. The Morgan fingerprint density at radius 1 is 1.03 bits per heavy atom. The summed E-state index contributed by atoms with van der Waals surface area (Å²) in [6.07, 6.45) is 5.25. The molecule has 3 aromatic carbocycles. The number of nitrogens with one attached hydrogen (secondary N) is 2. The van der Waals surface area contributed by atoms with Crippen molar-refractivity contribution >= 4 is 27.1 Å². The van der Waals surface area contributed by atoms with Gasteiger partial charge in [0.15, 0.2) is 0 Å². The van der Waals surface area contributed by atoms with Gasteiger partial charge in [-0.25, -0.2) is 8.42 Å². The first kappa shape index (κ1) is 24.1. The van der Waals surface area contributed by atoms with E-state index >= 15 is 0 Å². The number of sulfonamides is 1. The average molecular weight is 504 g/mol. The minimum Gasteiger partial charge on any atom is -0.378 e. The molecule has 0 saturated heterocycles. The number of nitrogens with zero attached hydrogens (tertiary/aromatic N) is 1. The highest BCUT2D eigenvalue weighted by atomic mass is 32.2. The third-order valence-corrected chi connectivity index (χ3v) is 8.47. The highest BCUT2D eigenvalue weighted by Gasteiger charge is 2.38. The van der Waals surface area contributed by atoms with Crippen molar-refractivity contribution in [2.75, 3.05) is 10.0 Å². The van der Waals surface area contributed by atoms with Crippen molar-refractivity contribution in [1.82, 2.24) is 0 Å². The number of non-ortho nitro benzene ring substituents is 1. The van der Waals surface area contributed by atoms with Crippen LogP contribution in [-0.2, 0) is 15.4 Å². The maximum Gasteiger partial charge on any atom is 0.271 e. The molecule has 0 bridgehead atoms. The van der Waals surface area contributed by atoms with Crippen LogP contribution >= 0.6 is 0 Å². The summed E-state index contributed by atoms with van der Waals surface area (Å²) in [4.78, 5) is 10.6. The van der Waals surface area contributed by atoms with Gasteiger partial charge in [0.1, 0.15) is 0 Å². The van der Waals surface area contributed by atoms with Crippen LogP contribution in [0.2, 0.25) is 0 Å². The van der Waals surface area contributed by atoms with Gasteiger partial charge in [-0.05, 0) is 58.7 Å². The van der Waals surface area contributed by atoms with Gasteiger partial charge in [-0.3, -0.25) is 14.8 Å². The van der Waals surface area contributed by atoms with E-state index in [-0.39, 0.29) is 39.6 Å². The Balaban J connectivity index is 1.44.